The Kier molecular flexibility index (Phi) is 5.12. The minimum Gasteiger partial charge on any atom is -0.481 e. The zero-order chi connectivity index (χ0) is 15.5. The highest BCUT2D eigenvalue weighted by atomic mass is 35.5. The third kappa shape index (κ3) is 4.11. The number of carbonyl (C=O) groups excluding carboxylic acids is 1. The van der Waals surface area contributed by atoms with Crippen molar-refractivity contribution < 1.29 is 14.7 Å². The van der Waals surface area contributed by atoms with Crippen molar-refractivity contribution in [3.63, 3.8) is 0 Å². The summed E-state index contributed by atoms with van der Waals surface area (Å²) in [4.78, 5) is 22.9. The lowest BCUT2D eigenvalue weighted by molar-refractivity contribution is -0.141. The second kappa shape index (κ2) is 6.67. The molecule has 0 spiro atoms. The van der Waals surface area contributed by atoms with Gasteiger partial charge in [-0.2, -0.15) is 0 Å². The Balaban J connectivity index is 1.92. The molecule has 0 saturated heterocycles. The summed E-state index contributed by atoms with van der Waals surface area (Å²) in [5.41, 5.74) is 0.311. The van der Waals surface area contributed by atoms with Crippen molar-refractivity contribution >= 4 is 35.1 Å². The van der Waals surface area contributed by atoms with Crippen LogP contribution in [0, 0.1) is 5.41 Å². The lowest BCUT2D eigenvalue weighted by Gasteiger charge is -2.40. The number of rotatable bonds is 6. The molecule has 0 unspecified atom stereocenters. The first-order chi connectivity index (χ1) is 9.92. The molecule has 0 heterocycles. The monoisotopic (exact) mass is 329 g/mol. The summed E-state index contributed by atoms with van der Waals surface area (Å²) in [7, 11) is 0. The molecule has 6 heteroatoms. The van der Waals surface area contributed by atoms with E-state index in [1.165, 1.54) is 0 Å². The molecule has 1 fully saturated rings. The van der Waals surface area contributed by atoms with Crippen LogP contribution in [0.4, 0.5) is 0 Å². The van der Waals surface area contributed by atoms with Gasteiger partial charge in [0.1, 0.15) is 0 Å². The fraction of sp³-hybridized carbons (Fsp3) is 0.467. The van der Waals surface area contributed by atoms with Gasteiger partial charge in [-0.25, -0.2) is 0 Å². The van der Waals surface area contributed by atoms with Gasteiger partial charge in [0.2, 0.25) is 5.91 Å². The predicted molar refractivity (Wildman–Crippen MR) is 81.7 cm³/mol. The average Bonchev–Trinajstić information content (AvgIpc) is 2.36. The first-order valence-electron chi connectivity index (χ1n) is 6.83. The van der Waals surface area contributed by atoms with Crippen LogP contribution < -0.4 is 5.32 Å². The van der Waals surface area contributed by atoms with Crippen LogP contribution in [0.5, 0.6) is 0 Å². The molecule has 1 aliphatic rings. The Morgan fingerprint density at radius 2 is 1.86 bits per heavy atom. The number of aliphatic carboxylic acids is 1. The van der Waals surface area contributed by atoms with E-state index in [-0.39, 0.29) is 24.2 Å². The Morgan fingerprint density at radius 3 is 2.33 bits per heavy atom. The molecule has 2 N–H and O–H groups in total. The smallest absolute Gasteiger partial charge is 0.303 e. The fourth-order valence-electron chi connectivity index (χ4n) is 2.62. The number of carbonyl (C=O) groups is 2. The quantitative estimate of drug-likeness (QED) is 0.841. The molecule has 1 amide bonds. The Hall–Kier alpha value is -1.26. The maximum Gasteiger partial charge on any atom is 0.303 e. The van der Waals surface area contributed by atoms with Crippen molar-refractivity contribution in [1.82, 2.24) is 5.32 Å². The molecule has 2 rings (SSSR count). The van der Waals surface area contributed by atoms with Gasteiger partial charge < -0.3 is 10.4 Å². The molecule has 0 radical (unpaired) electrons. The van der Waals surface area contributed by atoms with Crippen LogP contribution in [0.1, 0.15) is 31.2 Å². The molecule has 4 nitrogen and oxygen atoms in total. The Labute approximate surface area is 133 Å². The summed E-state index contributed by atoms with van der Waals surface area (Å²) in [6.45, 7) is 0.389. The van der Waals surface area contributed by atoms with Gasteiger partial charge in [-0.15, -0.1) is 0 Å². The van der Waals surface area contributed by atoms with E-state index in [9.17, 15) is 9.59 Å². The van der Waals surface area contributed by atoms with Crippen molar-refractivity contribution in [2.45, 2.75) is 32.1 Å². The van der Waals surface area contributed by atoms with Gasteiger partial charge in [-0.3, -0.25) is 9.59 Å². The molecular formula is C15H17Cl2NO3. The number of carboxylic acid groups (broad SMARTS) is 1. The third-order valence-corrected chi connectivity index (χ3v) is 4.71. The van der Waals surface area contributed by atoms with Crippen LogP contribution >= 0.6 is 23.2 Å². The zero-order valence-electron chi connectivity index (χ0n) is 11.5. The zero-order valence-corrected chi connectivity index (χ0v) is 13.0. The Bertz CT molecular complexity index is 536. The molecule has 1 aliphatic carbocycles. The van der Waals surface area contributed by atoms with E-state index >= 15 is 0 Å². The summed E-state index contributed by atoms with van der Waals surface area (Å²) in [6, 6.07) is 5.10. The van der Waals surface area contributed by atoms with E-state index in [2.05, 4.69) is 5.32 Å². The van der Waals surface area contributed by atoms with Crippen LogP contribution in [-0.4, -0.2) is 23.5 Å². The summed E-state index contributed by atoms with van der Waals surface area (Å²) < 4.78 is 0. The largest absolute Gasteiger partial charge is 0.481 e. The summed E-state index contributed by atoms with van der Waals surface area (Å²) in [6.07, 6.45) is 2.89. The van der Waals surface area contributed by atoms with E-state index in [0.29, 0.717) is 22.2 Å². The van der Waals surface area contributed by atoms with Crippen LogP contribution in [0.15, 0.2) is 18.2 Å². The lowest BCUT2D eigenvalue weighted by Crippen LogP contribution is -2.43. The number of hydrogen-bond donors (Lipinski definition) is 2. The van der Waals surface area contributed by atoms with E-state index in [4.69, 9.17) is 28.3 Å². The van der Waals surface area contributed by atoms with Gasteiger partial charge >= 0.3 is 5.97 Å². The molecule has 1 aromatic rings. The highest BCUT2D eigenvalue weighted by Gasteiger charge is 2.39. The van der Waals surface area contributed by atoms with Crippen molar-refractivity contribution in [2.24, 2.45) is 5.41 Å². The topological polar surface area (TPSA) is 66.4 Å². The molecule has 21 heavy (non-hydrogen) atoms. The van der Waals surface area contributed by atoms with Crippen LogP contribution in [0.3, 0.4) is 0 Å². The molecule has 0 aliphatic heterocycles. The number of benzene rings is 1. The molecule has 1 aromatic carbocycles. The number of nitrogens with one attached hydrogen (secondary N) is 1. The second-order valence-corrected chi connectivity index (χ2v) is 6.39. The maximum atomic E-state index is 12.0. The number of carboxylic acids is 1. The fourth-order valence-corrected chi connectivity index (χ4v) is 3.16. The predicted octanol–water partition coefficient (Wildman–Crippen LogP) is 3.30. The molecule has 0 aromatic heterocycles. The van der Waals surface area contributed by atoms with Crippen LogP contribution in [0.2, 0.25) is 10.0 Å². The third-order valence-electron chi connectivity index (χ3n) is 4.00. The van der Waals surface area contributed by atoms with E-state index < -0.39 is 5.97 Å². The highest BCUT2D eigenvalue weighted by molar-refractivity contribution is 6.36. The summed E-state index contributed by atoms with van der Waals surface area (Å²) in [5.74, 6) is -1.01. The summed E-state index contributed by atoms with van der Waals surface area (Å²) in [5, 5.41) is 12.7. The first-order valence-corrected chi connectivity index (χ1v) is 7.59. The van der Waals surface area contributed by atoms with Crippen LogP contribution in [-0.2, 0) is 16.0 Å². The van der Waals surface area contributed by atoms with Gasteiger partial charge in [0.05, 0.1) is 12.8 Å². The molecule has 0 bridgehead atoms. The SMILES string of the molecule is O=C(O)CC1(CNC(=O)Cc2c(Cl)cccc2Cl)CCC1. The maximum absolute atomic E-state index is 12.0. The number of halogens is 2. The Morgan fingerprint density at radius 1 is 1.24 bits per heavy atom. The van der Waals surface area contributed by atoms with Crippen molar-refractivity contribution in [3.05, 3.63) is 33.8 Å². The molecular weight excluding hydrogens is 313 g/mol. The normalized spacial score (nSPS) is 16.1. The van der Waals surface area contributed by atoms with Gasteiger partial charge in [0.25, 0.3) is 0 Å². The number of amides is 1. The number of hydrogen-bond acceptors (Lipinski definition) is 2. The standard InChI is InChI=1S/C15H17Cl2NO3/c16-11-3-1-4-12(17)10(11)7-13(19)18-9-15(5-2-6-15)8-14(20)21/h1,3-4H,2,5-9H2,(H,18,19)(H,20,21). The molecule has 0 atom stereocenters. The van der Waals surface area contributed by atoms with E-state index in [1.807, 2.05) is 0 Å². The second-order valence-electron chi connectivity index (χ2n) is 5.58. The minimum absolute atomic E-state index is 0.0974. The van der Waals surface area contributed by atoms with Crippen molar-refractivity contribution in [1.29, 1.82) is 0 Å². The van der Waals surface area contributed by atoms with Crippen molar-refractivity contribution in [2.75, 3.05) is 6.54 Å². The van der Waals surface area contributed by atoms with Gasteiger partial charge in [-0.1, -0.05) is 35.7 Å². The van der Waals surface area contributed by atoms with E-state index in [1.54, 1.807) is 18.2 Å². The highest BCUT2D eigenvalue weighted by Crippen LogP contribution is 2.43. The molecule has 114 valence electrons. The summed E-state index contributed by atoms with van der Waals surface area (Å²) >= 11 is 12.1. The molecule has 1 saturated carbocycles. The van der Waals surface area contributed by atoms with Crippen molar-refractivity contribution in [3.8, 4) is 0 Å². The van der Waals surface area contributed by atoms with Gasteiger partial charge in [-0.05, 0) is 36.0 Å². The minimum atomic E-state index is -0.821. The van der Waals surface area contributed by atoms with Gasteiger partial charge in [0, 0.05) is 16.6 Å². The first kappa shape index (κ1) is 16.1. The van der Waals surface area contributed by atoms with E-state index in [0.717, 1.165) is 19.3 Å². The van der Waals surface area contributed by atoms with Gasteiger partial charge in [0.15, 0.2) is 0 Å². The lowest BCUT2D eigenvalue weighted by atomic mass is 9.66. The van der Waals surface area contributed by atoms with Crippen LogP contribution in [0.25, 0.3) is 0 Å². The average molecular weight is 330 g/mol.